The lowest BCUT2D eigenvalue weighted by molar-refractivity contribution is 0.589. The Balaban J connectivity index is 0.932. The molecule has 486 valence electrons. The summed E-state index contributed by atoms with van der Waals surface area (Å²) in [6, 6.07) is 108. The molecular weight excluding hydrogens is 1210 g/mol. The van der Waals surface area contributed by atoms with Crippen LogP contribution in [0.2, 0.25) is 0 Å². The molecule has 0 atom stereocenters. The van der Waals surface area contributed by atoms with Crippen molar-refractivity contribution in [2.45, 2.75) is 117 Å². The van der Waals surface area contributed by atoms with Gasteiger partial charge in [0, 0.05) is 56.7 Å². The van der Waals surface area contributed by atoms with Crippen molar-refractivity contribution < 1.29 is 0 Å². The van der Waals surface area contributed by atoms with Crippen LogP contribution in [-0.4, -0.2) is 11.3 Å². The quantitative estimate of drug-likeness (QED) is 0.147. The van der Waals surface area contributed by atoms with Crippen LogP contribution in [0, 0.1) is 0 Å². The minimum atomic E-state index is -0.149. The van der Waals surface area contributed by atoms with Crippen molar-refractivity contribution in [3.63, 3.8) is 0 Å². The van der Waals surface area contributed by atoms with E-state index in [1.807, 2.05) is 0 Å². The van der Waals surface area contributed by atoms with Gasteiger partial charge in [0.2, 0.25) is 0 Å². The van der Waals surface area contributed by atoms with Gasteiger partial charge < -0.3 is 14.4 Å². The smallest absolute Gasteiger partial charge is 0.252 e. The van der Waals surface area contributed by atoms with Crippen LogP contribution in [0.5, 0.6) is 0 Å². The Morgan fingerprint density at radius 3 is 0.930 bits per heavy atom. The van der Waals surface area contributed by atoms with Crippen molar-refractivity contribution >= 4 is 79.0 Å². The first kappa shape index (κ1) is 61.6. The molecule has 4 heteroatoms. The maximum absolute atomic E-state index is 2.64. The van der Waals surface area contributed by atoms with Crippen LogP contribution in [0.4, 0.5) is 34.1 Å². The molecule has 0 radical (unpaired) electrons. The standard InChI is InChI=1S/C96H84BN3/c1-93(2,3)65-37-45-74-78(53-65)79-54-66(94(4,5)6)38-46-75(79)90(74)63-35-49-82-86(51-63)98(69-41-31-61(32-42-69)59-23-15-13-16-24-59)88-57-71(100-84-29-21-19-27-72(84)73-28-20-22-30-85(73)100)58-89-92(88)97(82)83-50-36-64(52-87(83)99(89)70-43-33-62(34-44-70)60-25-17-14-18-26-60)91-76-47-39-67(95(7,8)9)55-80(76)81-56-68(96(10,11)12)40-48-77(81)91/h13-58,90-91H,1-12H3. The monoisotopic (exact) mass is 1290 g/mol. The Morgan fingerprint density at radius 2 is 0.590 bits per heavy atom. The molecule has 4 aliphatic rings. The second-order valence-corrected chi connectivity index (χ2v) is 32.9. The molecule has 2 aliphatic heterocycles. The Hall–Kier alpha value is -10.7. The Labute approximate surface area is 591 Å². The van der Waals surface area contributed by atoms with Crippen molar-refractivity contribution in [3.05, 3.63) is 335 Å². The van der Waals surface area contributed by atoms with Gasteiger partial charge in [0.15, 0.2) is 0 Å². The normalized spacial score (nSPS) is 14.1. The fraction of sp³-hybridized carbons (Fsp3) is 0.188. The van der Waals surface area contributed by atoms with Gasteiger partial charge in [0.1, 0.15) is 0 Å². The fourth-order valence-electron chi connectivity index (χ4n) is 17.2. The molecule has 1 aromatic heterocycles. The highest BCUT2D eigenvalue weighted by atomic mass is 15.2. The van der Waals surface area contributed by atoms with E-state index >= 15 is 0 Å². The molecule has 0 amide bonds. The predicted molar refractivity (Wildman–Crippen MR) is 426 cm³/mol. The van der Waals surface area contributed by atoms with Crippen LogP contribution in [0.25, 0.3) is 72.0 Å². The summed E-state index contributed by atoms with van der Waals surface area (Å²) in [5.41, 5.74) is 37.8. The zero-order valence-electron chi connectivity index (χ0n) is 59.6. The maximum atomic E-state index is 2.64. The number of hydrogen-bond donors (Lipinski definition) is 0. The van der Waals surface area contributed by atoms with E-state index in [1.54, 1.807) is 0 Å². The van der Waals surface area contributed by atoms with Gasteiger partial charge in [-0.25, -0.2) is 0 Å². The number of benzene rings is 13. The van der Waals surface area contributed by atoms with Gasteiger partial charge in [0.05, 0.1) is 16.7 Å². The summed E-state index contributed by atoms with van der Waals surface area (Å²) in [4.78, 5) is 5.28. The molecule has 14 aromatic rings. The number of nitrogens with zero attached hydrogens (tertiary/aromatic N) is 3. The molecule has 0 unspecified atom stereocenters. The van der Waals surface area contributed by atoms with Gasteiger partial charge in [-0.15, -0.1) is 0 Å². The average molecular weight is 1290 g/mol. The third kappa shape index (κ3) is 9.83. The van der Waals surface area contributed by atoms with Crippen molar-refractivity contribution in [3.8, 4) is 50.2 Å². The second kappa shape index (κ2) is 22.4. The third-order valence-corrected chi connectivity index (χ3v) is 22.6. The van der Waals surface area contributed by atoms with E-state index in [4.69, 9.17) is 0 Å². The molecule has 0 N–H and O–H groups in total. The van der Waals surface area contributed by atoms with E-state index < -0.39 is 0 Å². The van der Waals surface area contributed by atoms with E-state index in [0.29, 0.717) is 0 Å². The van der Waals surface area contributed by atoms with Gasteiger partial charge in [0.25, 0.3) is 6.71 Å². The third-order valence-electron chi connectivity index (χ3n) is 22.6. The molecule has 13 aromatic carbocycles. The predicted octanol–water partition coefficient (Wildman–Crippen LogP) is 23.7. The van der Waals surface area contributed by atoms with E-state index in [1.165, 1.54) is 150 Å². The van der Waals surface area contributed by atoms with Gasteiger partial charge in [-0.3, -0.25) is 0 Å². The zero-order valence-corrected chi connectivity index (χ0v) is 59.6. The first-order valence-corrected chi connectivity index (χ1v) is 36.1. The number of hydrogen-bond acceptors (Lipinski definition) is 2. The molecule has 18 rings (SSSR count). The molecule has 3 nitrogen and oxygen atoms in total. The summed E-state index contributed by atoms with van der Waals surface area (Å²) in [6.07, 6.45) is 0. The minimum Gasteiger partial charge on any atom is -0.311 e. The lowest BCUT2D eigenvalue weighted by Gasteiger charge is -2.45. The summed E-state index contributed by atoms with van der Waals surface area (Å²) >= 11 is 0. The first-order chi connectivity index (χ1) is 48.1. The van der Waals surface area contributed by atoms with E-state index in [2.05, 4.69) is 377 Å². The average Bonchev–Trinajstić information content (AvgIpc) is 0.751. The van der Waals surface area contributed by atoms with Gasteiger partial charge >= 0.3 is 0 Å². The van der Waals surface area contributed by atoms with Gasteiger partial charge in [-0.1, -0.05) is 301 Å². The molecule has 0 spiro atoms. The van der Waals surface area contributed by atoms with Crippen LogP contribution in [0.15, 0.2) is 279 Å². The second-order valence-electron chi connectivity index (χ2n) is 32.9. The maximum Gasteiger partial charge on any atom is 0.252 e. The fourth-order valence-corrected chi connectivity index (χ4v) is 17.2. The van der Waals surface area contributed by atoms with Crippen LogP contribution in [-0.2, 0) is 21.7 Å². The number of anilines is 6. The van der Waals surface area contributed by atoms with E-state index in [9.17, 15) is 0 Å². The highest BCUT2D eigenvalue weighted by Gasteiger charge is 2.46. The largest absolute Gasteiger partial charge is 0.311 e. The molecule has 3 heterocycles. The minimum absolute atomic E-state index is 0.00760. The summed E-state index contributed by atoms with van der Waals surface area (Å²) in [5.74, 6) is 0.0152. The number of rotatable bonds is 7. The highest BCUT2D eigenvalue weighted by molar-refractivity contribution is 7.00. The van der Waals surface area contributed by atoms with Crippen molar-refractivity contribution in [2.24, 2.45) is 0 Å². The molecule has 0 fully saturated rings. The molecule has 100 heavy (non-hydrogen) atoms. The summed E-state index contributed by atoms with van der Waals surface area (Å²) < 4.78 is 2.54. The summed E-state index contributed by atoms with van der Waals surface area (Å²) in [5, 5.41) is 2.47. The first-order valence-electron chi connectivity index (χ1n) is 36.1. The van der Waals surface area contributed by atoms with Gasteiger partial charge in [-0.2, -0.15) is 0 Å². The SMILES string of the molecule is CC(C)(C)c1ccc2c(c1)-c1cc(C(C)(C)C)ccc1C2c1ccc2c(c1)N(c1ccc(-c3ccccc3)cc1)c1cc(-n3c4ccccc4c4ccccc43)cc3c1B2c1ccc(C2c4ccc(C(C)(C)C)cc4-c4cc(C(C)(C)C)ccc42)cc1N3c1ccc(-c2ccccc2)cc1. The van der Waals surface area contributed by atoms with Crippen molar-refractivity contribution in [1.82, 2.24) is 4.57 Å². The van der Waals surface area contributed by atoms with Crippen LogP contribution in [0.3, 0.4) is 0 Å². The van der Waals surface area contributed by atoms with Crippen LogP contribution < -0.4 is 26.2 Å². The van der Waals surface area contributed by atoms with Crippen molar-refractivity contribution in [1.29, 1.82) is 0 Å². The highest BCUT2D eigenvalue weighted by Crippen LogP contribution is 2.55. The molecule has 0 saturated carbocycles. The summed E-state index contributed by atoms with van der Waals surface area (Å²) in [6.45, 7) is 28.0. The summed E-state index contributed by atoms with van der Waals surface area (Å²) in [7, 11) is 0. The Kier molecular flexibility index (Phi) is 13.8. The molecule has 0 bridgehead atoms. The lowest BCUT2D eigenvalue weighted by atomic mass is 9.33. The lowest BCUT2D eigenvalue weighted by Crippen LogP contribution is -2.61. The molecular formula is C96H84BN3. The Morgan fingerprint density at radius 1 is 0.270 bits per heavy atom. The van der Waals surface area contributed by atoms with Crippen LogP contribution in [0.1, 0.15) is 151 Å². The van der Waals surface area contributed by atoms with E-state index in [-0.39, 0.29) is 40.2 Å². The molecule has 0 saturated heterocycles. The van der Waals surface area contributed by atoms with Crippen LogP contribution >= 0.6 is 0 Å². The molecule has 2 aliphatic carbocycles. The number of para-hydroxylation sites is 2. The van der Waals surface area contributed by atoms with E-state index in [0.717, 1.165) is 28.4 Å². The van der Waals surface area contributed by atoms with Gasteiger partial charge in [-0.05, 0) is 199 Å². The topological polar surface area (TPSA) is 11.4 Å². The Bertz CT molecular complexity index is 5180. The number of fused-ring (bicyclic) bond motifs is 13. The number of aromatic nitrogens is 1. The zero-order chi connectivity index (χ0) is 68.5. The van der Waals surface area contributed by atoms with Crippen molar-refractivity contribution in [2.75, 3.05) is 9.80 Å².